The van der Waals surface area contributed by atoms with Crippen molar-refractivity contribution in [2.45, 2.75) is 37.5 Å². The van der Waals surface area contributed by atoms with Crippen LogP contribution in [0.4, 0.5) is 0 Å². The standard InChI is InChI=1S/C16H19NO4/c1-17-11-7-8-12(17)14(15(18)19)13(9-11)21-16(20)10-5-3-2-4-6-10/h2-6,11-14H,7-9H2,1H3,(H,18,19)/t11?,12?,13-,14?/m0/s1. The van der Waals surface area contributed by atoms with Crippen molar-refractivity contribution in [1.29, 1.82) is 0 Å². The van der Waals surface area contributed by atoms with Crippen molar-refractivity contribution in [3.63, 3.8) is 0 Å². The van der Waals surface area contributed by atoms with Crippen molar-refractivity contribution in [3.05, 3.63) is 35.9 Å². The fourth-order valence-electron chi connectivity index (χ4n) is 3.65. The molecule has 21 heavy (non-hydrogen) atoms. The molecular formula is C16H19NO4. The Morgan fingerprint density at radius 3 is 2.62 bits per heavy atom. The average molecular weight is 289 g/mol. The van der Waals surface area contributed by atoms with Gasteiger partial charge in [-0.25, -0.2) is 4.79 Å². The van der Waals surface area contributed by atoms with Crippen LogP contribution in [0.1, 0.15) is 29.6 Å². The predicted molar refractivity (Wildman–Crippen MR) is 76.0 cm³/mol. The number of piperidine rings is 1. The van der Waals surface area contributed by atoms with Gasteiger partial charge in [-0.2, -0.15) is 0 Å². The molecule has 0 aromatic heterocycles. The van der Waals surface area contributed by atoms with E-state index >= 15 is 0 Å². The minimum absolute atomic E-state index is 0.0326. The second-order valence-electron chi connectivity index (χ2n) is 5.87. The van der Waals surface area contributed by atoms with E-state index in [0.29, 0.717) is 18.0 Å². The highest BCUT2D eigenvalue weighted by Gasteiger charge is 2.50. The number of hydrogen-bond donors (Lipinski definition) is 1. The highest BCUT2D eigenvalue weighted by atomic mass is 16.5. The van der Waals surface area contributed by atoms with Gasteiger partial charge in [-0.05, 0) is 32.0 Å². The van der Waals surface area contributed by atoms with Crippen LogP contribution in [0.2, 0.25) is 0 Å². The van der Waals surface area contributed by atoms with E-state index in [0.717, 1.165) is 12.8 Å². The van der Waals surface area contributed by atoms with Gasteiger partial charge in [0.2, 0.25) is 0 Å². The van der Waals surface area contributed by atoms with Crippen LogP contribution in [0.25, 0.3) is 0 Å². The number of rotatable bonds is 3. The molecule has 2 fully saturated rings. The van der Waals surface area contributed by atoms with Gasteiger partial charge in [-0.1, -0.05) is 18.2 Å². The molecule has 0 amide bonds. The SMILES string of the molecule is CN1C2CCC1C(C(=O)O)[C@@H](OC(=O)c1ccccc1)C2. The molecule has 112 valence electrons. The van der Waals surface area contributed by atoms with Gasteiger partial charge in [0.1, 0.15) is 12.0 Å². The third kappa shape index (κ3) is 2.53. The van der Waals surface area contributed by atoms with Crippen molar-refractivity contribution in [3.8, 4) is 0 Å². The zero-order chi connectivity index (χ0) is 15.0. The zero-order valence-electron chi connectivity index (χ0n) is 11.9. The molecule has 5 nitrogen and oxygen atoms in total. The summed E-state index contributed by atoms with van der Waals surface area (Å²) in [6, 6.07) is 9.01. The maximum atomic E-state index is 12.2. The molecule has 0 aliphatic carbocycles. The van der Waals surface area contributed by atoms with E-state index in [2.05, 4.69) is 4.90 Å². The summed E-state index contributed by atoms with van der Waals surface area (Å²) < 4.78 is 5.53. The fraction of sp³-hybridized carbons (Fsp3) is 0.500. The first-order valence-electron chi connectivity index (χ1n) is 7.28. The van der Waals surface area contributed by atoms with Gasteiger partial charge in [0.15, 0.2) is 0 Å². The number of fused-ring (bicyclic) bond motifs is 2. The van der Waals surface area contributed by atoms with Gasteiger partial charge >= 0.3 is 11.9 Å². The number of benzene rings is 1. The molecule has 2 saturated heterocycles. The normalized spacial score (nSPS) is 31.9. The largest absolute Gasteiger partial charge is 0.481 e. The van der Waals surface area contributed by atoms with E-state index in [-0.39, 0.29) is 6.04 Å². The lowest BCUT2D eigenvalue weighted by molar-refractivity contribution is -0.152. The van der Waals surface area contributed by atoms with Crippen LogP contribution in [0.3, 0.4) is 0 Å². The lowest BCUT2D eigenvalue weighted by atomic mass is 9.87. The molecule has 5 heteroatoms. The van der Waals surface area contributed by atoms with Crippen LogP contribution >= 0.6 is 0 Å². The van der Waals surface area contributed by atoms with E-state index in [4.69, 9.17) is 4.74 Å². The molecule has 0 radical (unpaired) electrons. The van der Waals surface area contributed by atoms with Crippen molar-refractivity contribution >= 4 is 11.9 Å². The van der Waals surface area contributed by atoms with Gasteiger partial charge in [0.25, 0.3) is 0 Å². The summed E-state index contributed by atoms with van der Waals surface area (Å²) in [5, 5.41) is 9.51. The number of carboxylic acids is 1. The minimum atomic E-state index is -0.877. The Kier molecular flexibility index (Phi) is 3.68. The first-order valence-corrected chi connectivity index (χ1v) is 7.28. The number of aliphatic carboxylic acids is 1. The third-order valence-electron chi connectivity index (χ3n) is 4.77. The molecule has 3 rings (SSSR count). The van der Waals surface area contributed by atoms with Crippen LogP contribution in [-0.2, 0) is 9.53 Å². The van der Waals surface area contributed by atoms with Gasteiger partial charge in [0, 0.05) is 18.5 Å². The predicted octanol–water partition coefficient (Wildman–Crippen LogP) is 1.78. The summed E-state index contributed by atoms with van der Waals surface area (Å²) in [4.78, 5) is 25.9. The third-order valence-corrected chi connectivity index (χ3v) is 4.77. The Bertz CT molecular complexity index is 544. The molecule has 3 unspecified atom stereocenters. The summed E-state index contributed by atoms with van der Waals surface area (Å²) in [7, 11) is 1.97. The topological polar surface area (TPSA) is 66.8 Å². The lowest BCUT2D eigenvalue weighted by Crippen LogP contribution is -2.53. The molecule has 0 spiro atoms. The number of esters is 1. The first kappa shape index (κ1) is 14.1. The van der Waals surface area contributed by atoms with Gasteiger partial charge in [-0.15, -0.1) is 0 Å². The van der Waals surface area contributed by atoms with Gasteiger partial charge < -0.3 is 9.84 Å². The van der Waals surface area contributed by atoms with E-state index in [1.807, 2.05) is 13.1 Å². The van der Waals surface area contributed by atoms with Gasteiger partial charge in [-0.3, -0.25) is 9.69 Å². The number of nitrogens with zero attached hydrogens (tertiary/aromatic N) is 1. The second-order valence-corrected chi connectivity index (χ2v) is 5.87. The number of carbonyl (C=O) groups is 2. The molecule has 2 bridgehead atoms. The fourth-order valence-corrected chi connectivity index (χ4v) is 3.65. The number of carbonyl (C=O) groups excluding carboxylic acids is 1. The Balaban J connectivity index is 1.78. The molecule has 2 aliphatic heterocycles. The number of carboxylic acid groups (broad SMARTS) is 1. The molecule has 0 saturated carbocycles. The van der Waals surface area contributed by atoms with E-state index < -0.39 is 24.0 Å². The zero-order valence-corrected chi connectivity index (χ0v) is 11.9. The van der Waals surface area contributed by atoms with Crippen molar-refractivity contribution < 1.29 is 19.4 Å². The van der Waals surface area contributed by atoms with Crippen molar-refractivity contribution in [2.24, 2.45) is 5.92 Å². The Labute approximate surface area is 123 Å². The quantitative estimate of drug-likeness (QED) is 0.859. The lowest BCUT2D eigenvalue weighted by Gasteiger charge is -2.40. The maximum absolute atomic E-state index is 12.2. The van der Waals surface area contributed by atoms with E-state index in [1.54, 1.807) is 24.3 Å². The molecule has 2 heterocycles. The smallest absolute Gasteiger partial charge is 0.338 e. The van der Waals surface area contributed by atoms with Crippen molar-refractivity contribution in [1.82, 2.24) is 4.90 Å². The van der Waals surface area contributed by atoms with Crippen LogP contribution in [0.5, 0.6) is 0 Å². The molecule has 1 aromatic rings. The monoisotopic (exact) mass is 289 g/mol. The highest BCUT2D eigenvalue weighted by Crippen LogP contribution is 2.39. The van der Waals surface area contributed by atoms with E-state index in [9.17, 15) is 14.7 Å². The highest BCUT2D eigenvalue weighted by molar-refractivity contribution is 5.89. The maximum Gasteiger partial charge on any atom is 0.338 e. The average Bonchev–Trinajstić information content (AvgIpc) is 2.72. The summed E-state index contributed by atoms with van der Waals surface area (Å²) in [6.07, 6.45) is 1.90. The molecule has 1 aromatic carbocycles. The van der Waals surface area contributed by atoms with Crippen LogP contribution in [0, 0.1) is 5.92 Å². The summed E-state index contributed by atoms with van der Waals surface area (Å²) >= 11 is 0. The number of hydrogen-bond acceptors (Lipinski definition) is 4. The van der Waals surface area contributed by atoms with Crippen LogP contribution in [0.15, 0.2) is 30.3 Å². The molecule has 4 atom stereocenters. The summed E-state index contributed by atoms with van der Waals surface area (Å²) in [5.41, 5.74) is 0.466. The Hall–Kier alpha value is -1.88. The molecule has 1 N–H and O–H groups in total. The second kappa shape index (κ2) is 5.48. The van der Waals surface area contributed by atoms with Crippen molar-refractivity contribution in [2.75, 3.05) is 7.05 Å². The van der Waals surface area contributed by atoms with Gasteiger partial charge in [0.05, 0.1) is 5.56 Å². The summed E-state index contributed by atoms with van der Waals surface area (Å²) in [5.74, 6) is -1.95. The summed E-state index contributed by atoms with van der Waals surface area (Å²) in [6.45, 7) is 0. The Morgan fingerprint density at radius 2 is 1.95 bits per heavy atom. The molecular weight excluding hydrogens is 270 g/mol. The Morgan fingerprint density at radius 1 is 1.24 bits per heavy atom. The van der Waals surface area contributed by atoms with Crippen LogP contribution < -0.4 is 0 Å². The minimum Gasteiger partial charge on any atom is -0.481 e. The first-order chi connectivity index (χ1) is 10.1. The van der Waals surface area contributed by atoms with Crippen LogP contribution in [-0.4, -0.2) is 47.2 Å². The molecule has 2 aliphatic rings. The number of ether oxygens (including phenoxy) is 1. The van der Waals surface area contributed by atoms with E-state index in [1.165, 1.54) is 0 Å².